The molecular formula is C14H13N3O2. The number of H-pyrrole nitrogens is 1. The molecule has 5 heteroatoms. The average Bonchev–Trinajstić information content (AvgIpc) is 2.91. The van der Waals surface area contributed by atoms with Crippen LogP contribution in [0, 0.1) is 11.3 Å². The Morgan fingerprint density at radius 2 is 2.32 bits per heavy atom. The second-order valence-electron chi connectivity index (χ2n) is 4.66. The fourth-order valence-electron chi connectivity index (χ4n) is 2.69. The first-order valence-corrected chi connectivity index (χ1v) is 6.19. The average molecular weight is 255 g/mol. The lowest BCUT2D eigenvalue weighted by atomic mass is 9.80. The Hall–Kier alpha value is -2.48. The van der Waals surface area contributed by atoms with Crippen LogP contribution < -0.4 is 5.73 Å². The van der Waals surface area contributed by atoms with Gasteiger partial charge in [0.15, 0.2) is 5.78 Å². The number of allylic oxidation sites excluding steroid dienone is 3. The van der Waals surface area contributed by atoms with Crippen molar-refractivity contribution in [1.82, 2.24) is 4.98 Å². The highest BCUT2D eigenvalue weighted by molar-refractivity contribution is 5.99. The van der Waals surface area contributed by atoms with E-state index in [0.717, 1.165) is 12.1 Å². The number of nitrogens with one attached hydrogen (secondary N) is 1. The number of carbonyl (C=O) groups excluding carboxylic acids is 1. The molecule has 0 saturated carbocycles. The zero-order valence-electron chi connectivity index (χ0n) is 10.3. The lowest BCUT2D eigenvalue weighted by molar-refractivity contribution is -0.116. The van der Waals surface area contributed by atoms with Crippen LogP contribution in [-0.2, 0) is 9.53 Å². The van der Waals surface area contributed by atoms with Gasteiger partial charge in [-0.2, -0.15) is 5.26 Å². The van der Waals surface area contributed by atoms with E-state index in [1.54, 1.807) is 6.20 Å². The van der Waals surface area contributed by atoms with E-state index in [-0.39, 0.29) is 11.7 Å². The molecule has 2 aliphatic rings. The molecule has 3 N–H and O–H groups in total. The van der Waals surface area contributed by atoms with Crippen molar-refractivity contribution >= 4 is 5.78 Å². The summed E-state index contributed by atoms with van der Waals surface area (Å²) in [5.41, 5.74) is 7.50. The molecule has 0 saturated heterocycles. The minimum absolute atomic E-state index is 0.0427. The van der Waals surface area contributed by atoms with Gasteiger partial charge in [0.05, 0.1) is 5.92 Å². The van der Waals surface area contributed by atoms with E-state index in [1.165, 1.54) is 0 Å². The third kappa shape index (κ3) is 1.73. The van der Waals surface area contributed by atoms with Crippen molar-refractivity contribution in [3.63, 3.8) is 0 Å². The number of nitrogens with zero attached hydrogens (tertiary/aromatic N) is 1. The third-order valence-electron chi connectivity index (χ3n) is 3.54. The molecule has 0 spiro atoms. The number of aromatic nitrogens is 1. The van der Waals surface area contributed by atoms with Gasteiger partial charge in [0, 0.05) is 30.3 Å². The molecule has 96 valence electrons. The maximum atomic E-state index is 12.2. The molecular weight excluding hydrogens is 242 g/mol. The number of rotatable bonds is 1. The van der Waals surface area contributed by atoms with E-state index in [4.69, 9.17) is 10.5 Å². The van der Waals surface area contributed by atoms with Crippen LogP contribution in [-0.4, -0.2) is 10.8 Å². The molecule has 1 aliphatic heterocycles. The number of hydrogen-bond donors (Lipinski definition) is 2. The van der Waals surface area contributed by atoms with Crippen molar-refractivity contribution < 1.29 is 9.53 Å². The summed E-state index contributed by atoms with van der Waals surface area (Å²) in [7, 11) is 0. The molecule has 0 unspecified atom stereocenters. The van der Waals surface area contributed by atoms with Crippen molar-refractivity contribution in [1.29, 1.82) is 5.26 Å². The SMILES string of the molecule is N#CC1=C(N)OC2=C(C(=O)CCC2)[C@H]1c1ccc[nH]1. The van der Waals surface area contributed by atoms with Crippen LogP contribution in [0.5, 0.6) is 0 Å². The van der Waals surface area contributed by atoms with Gasteiger partial charge in [0.25, 0.3) is 0 Å². The number of nitrogens with two attached hydrogens (primary N) is 1. The van der Waals surface area contributed by atoms with Gasteiger partial charge in [-0.1, -0.05) is 0 Å². The Labute approximate surface area is 110 Å². The number of ether oxygens (including phenoxy) is 1. The first kappa shape index (κ1) is 11.6. The number of aromatic amines is 1. The van der Waals surface area contributed by atoms with Crippen LogP contribution in [0.1, 0.15) is 30.9 Å². The Kier molecular flexibility index (Phi) is 2.64. The highest BCUT2D eigenvalue weighted by Crippen LogP contribution is 2.42. The molecule has 0 aromatic carbocycles. The van der Waals surface area contributed by atoms with Crippen LogP contribution in [0.2, 0.25) is 0 Å². The van der Waals surface area contributed by atoms with Crippen molar-refractivity contribution in [2.24, 2.45) is 5.73 Å². The lowest BCUT2D eigenvalue weighted by Crippen LogP contribution is -2.27. The first-order valence-electron chi connectivity index (χ1n) is 6.19. The fourth-order valence-corrected chi connectivity index (χ4v) is 2.69. The van der Waals surface area contributed by atoms with E-state index in [2.05, 4.69) is 11.1 Å². The number of carbonyl (C=O) groups is 1. The molecule has 1 aromatic rings. The van der Waals surface area contributed by atoms with Crippen molar-refractivity contribution in [2.75, 3.05) is 0 Å². The summed E-state index contributed by atoms with van der Waals surface area (Å²) >= 11 is 0. The highest BCUT2D eigenvalue weighted by Gasteiger charge is 2.38. The van der Waals surface area contributed by atoms with E-state index in [9.17, 15) is 10.1 Å². The monoisotopic (exact) mass is 255 g/mol. The fraction of sp³-hybridized carbons (Fsp3) is 0.286. The molecule has 0 amide bonds. The van der Waals surface area contributed by atoms with Crippen LogP contribution in [0.25, 0.3) is 0 Å². The summed E-state index contributed by atoms with van der Waals surface area (Å²) < 4.78 is 5.47. The van der Waals surface area contributed by atoms with Crippen LogP contribution in [0.4, 0.5) is 0 Å². The minimum Gasteiger partial charge on any atom is -0.444 e. The normalized spacial score (nSPS) is 22.9. The summed E-state index contributed by atoms with van der Waals surface area (Å²) in [5.74, 6) is 0.348. The molecule has 0 radical (unpaired) electrons. The van der Waals surface area contributed by atoms with Gasteiger partial charge >= 0.3 is 0 Å². The van der Waals surface area contributed by atoms with Crippen LogP contribution >= 0.6 is 0 Å². The summed E-state index contributed by atoms with van der Waals surface area (Å²) in [4.78, 5) is 15.2. The summed E-state index contributed by atoms with van der Waals surface area (Å²) in [6.07, 6.45) is 3.73. The predicted octanol–water partition coefficient (Wildman–Crippen LogP) is 1.83. The van der Waals surface area contributed by atoms with E-state index in [1.807, 2.05) is 12.1 Å². The number of nitriles is 1. The smallest absolute Gasteiger partial charge is 0.205 e. The Morgan fingerprint density at radius 3 is 3.00 bits per heavy atom. The van der Waals surface area contributed by atoms with E-state index >= 15 is 0 Å². The maximum Gasteiger partial charge on any atom is 0.205 e. The Bertz CT molecular complexity index is 632. The lowest BCUT2D eigenvalue weighted by Gasteiger charge is -2.30. The Balaban J connectivity index is 2.18. The molecule has 19 heavy (non-hydrogen) atoms. The van der Waals surface area contributed by atoms with Gasteiger partial charge < -0.3 is 15.5 Å². The number of hydrogen-bond acceptors (Lipinski definition) is 4. The Morgan fingerprint density at radius 1 is 1.47 bits per heavy atom. The third-order valence-corrected chi connectivity index (χ3v) is 3.54. The van der Waals surface area contributed by atoms with Gasteiger partial charge in [0.2, 0.25) is 5.88 Å². The quantitative estimate of drug-likeness (QED) is 0.800. The van der Waals surface area contributed by atoms with E-state index < -0.39 is 5.92 Å². The zero-order valence-corrected chi connectivity index (χ0v) is 10.3. The van der Waals surface area contributed by atoms with Gasteiger partial charge in [-0.3, -0.25) is 4.79 Å². The minimum atomic E-state index is -0.420. The summed E-state index contributed by atoms with van der Waals surface area (Å²) in [6, 6.07) is 5.76. The van der Waals surface area contributed by atoms with Crippen molar-refractivity contribution in [2.45, 2.75) is 25.2 Å². The summed E-state index contributed by atoms with van der Waals surface area (Å²) in [5, 5.41) is 9.29. The molecule has 0 fully saturated rings. The molecule has 0 bridgehead atoms. The summed E-state index contributed by atoms with van der Waals surface area (Å²) in [6.45, 7) is 0. The molecule has 5 nitrogen and oxygen atoms in total. The van der Waals surface area contributed by atoms with Crippen LogP contribution in [0.15, 0.2) is 41.1 Å². The maximum absolute atomic E-state index is 12.2. The molecule has 1 aliphatic carbocycles. The van der Waals surface area contributed by atoms with Gasteiger partial charge in [-0.05, 0) is 18.6 Å². The first-order chi connectivity index (χ1) is 9.22. The van der Waals surface area contributed by atoms with Crippen LogP contribution in [0.3, 0.4) is 0 Å². The molecule has 2 heterocycles. The standard InChI is InChI=1S/C14H13N3O2/c15-7-8-12(9-3-2-6-17-9)13-10(18)4-1-5-11(13)19-14(8)16/h2-3,6,12,17H,1,4-5,16H2/t12-/m1/s1. The number of Topliss-reactive ketones (excluding diaryl/α,β-unsaturated/α-hetero) is 1. The molecule has 1 atom stereocenters. The number of ketones is 1. The second kappa shape index (κ2) is 4.32. The topological polar surface area (TPSA) is 91.9 Å². The highest BCUT2D eigenvalue weighted by atomic mass is 16.5. The van der Waals surface area contributed by atoms with Gasteiger partial charge in [-0.15, -0.1) is 0 Å². The van der Waals surface area contributed by atoms with Gasteiger partial charge in [-0.25, -0.2) is 0 Å². The zero-order chi connectivity index (χ0) is 13.4. The largest absolute Gasteiger partial charge is 0.444 e. The molecule has 3 rings (SSSR count). The van der Waals surface area contributed by atoms with Crippen molar-refractivity contribution in [3.05, 3.63) is 46.8 Å². The predicted molar refractivity (Wildman–Crippen MR) is 67.3 cm³/mol. The van der Waals surface area contributed by atoms with Gasteiger partial charge in [0.1, 0.15) is 17.4 Å². The van der Waals surface area contributed by atoms with E-state index in [0.29, 0.717) is 29.7 Å². The second-order valence-corrected chi connectivity index (χ2v) is 4.66. The van der Waals surface area contributed by atoms with Crippen molar-refractivity contribution in [3.8, 4) is 6.07 Å². The molecule has 1 aromatic heterocycles.